The zero-order valence-corrected chi connectivity index (χ0v) is 13.5. The number of carbonyl (C=O) groups excluding carboxylic acids is 1. The number of nitrogens with one attached hydrogen (secondary N) is 2. The molecule has 2 heterocycles. The third-order valence-electron chi connectivity index (χ3n) is 4.20. The number of benzene rings is 1. The van der Waals surface area contributed by atoms with Crippen LogP contribution in [0.1, 0.15) is 24.1 Å². The van der Waals surface area contributed by atoms with E-state index in [-0.39, 0.29) is 11.8 Å². The average molecular weight is 313 g/mol. The number of nitrogens with zero attached hydrogens (tertiary/aromatic N) is 1. The topological polar surface area (TPSA) is 67.2 Å². The summed E-state index contributed by atoms with van der Waals surface area (Å²) in [4.78, 5) is 16.5. The Labute approximate surface area is 136 Å². The fraction of sp³-hybridized carbons (Fsp3) is 0.444. The molecule has 0 saturated carbocycles. The maximum Gasteiger partial charge on any atom is 0.226 e. The van der Waals surface area contributed by atoms with E-state index < -0.39 is 0 Å². The highest BCUT2D eigenvalue weighted by molar-refractivity contribution is 5.78. The second kappa shape index (κ2) is 7.42. The van der Waals surface area contributed by atoms with Crippen molar-refractivity contribution in [3.8, 4) is 11.5 Å². The summed E-state index contributed by atoms with van der Waals surface area (Å²) in [5, 5.41) is 6.26. The van der Waals surface area contributed by atoms with Crippen molar-refractivity contribution in [1.82, 2.24) is 15.6 Å². The molecule has 1 aromatic heterocycles. The lowest BCUT2D eigenvalue weighted by Gasteiger charge is -2.21. The Kier molecular flexibility index (Phi) is 5.08. The van der Waals surface area contributed by atoms with Crippen molar-refractivity contribution in [3.05, 3.63) is 41.8 Å². The van der Waals surface area contributed by atoms with Crippen LogP contribution in [0, 0.1) is 12.8 Å². The smallest absolute Gasteiger partial charge is 0.226 e. The number of hydrogen-bond donors (Lipinski definition) is 2. The molecule has 1 unspecified atom stereocenters. The van der Waals surface area contributed by atoms with Crippen molar-refractivity contribution < 1.29 is 9.21 Å². The molecule has 5 heteroatoms. The molecule has 1 amide bonds. The molecule has 0 bridgehead atoms. The van der Waals surface area contributed by atoms with E-state index in [4.69, 9.17) is 4.42 Å². The predicted molar refractivity (Wildman–Crippen MR) is 89.0 cm³/mol. The van der Waals surface area contributed by atoms with E-state index in [9.17, 15) is 4.79 Å². The minimum atomic E-state index is 0.101. The van der Waals surface area contributed by atoms with Crippen molar-refractivity contribution in [2.45, 2.75) is 26.2 Å². The van der Waals surface area contributed by atoms with E-state index in [0.717, 1.165) is 37.2 Å². The van der Waals surface area contributed by atoms with Gasteiger partial charge in [-0.1, -0.05) is 17.7 Å². The molecule has 122 valence electrons. The third-order valence-corrected chi connectivity index (χ3v) is 4.20. The van der Waals surface area contributed by atoms with Crippen LogP contribution in [-0.4, -0.2) is 30.5 Å². The fourth-order valence-electron chi connectivity index (χ4n) is 2.78. The van der Waals surface area contributed by atoms with Gasteiger partial charge < -0.3 is 15.1 Å². The van der Waals surface area contributed by atoms with Gasteiger partial charge in [-0.05, 0) is 38.4 Å². The highest BCUT2D eigenvalue weighted by Gasteiger charge is 2.20. The molecule has 1 aliphatic rings. The Morgan fingerprint density at radius 2 is 2.22 bits per heavy atom. The quantitative estimate of drug-likeness (QED) is 0.889. The Morgan fingerprint density at radius 1 is 1.39 bits per heavy atom. The molecule has 1 aromatic carbocycles. The molecule has 0 aliphatic carbocycles. The molecular formula is C18H23N3O2. The number of aryl methyl sites for hydroxylation is 1. The summed E-state index contributed by atoms with van der Waals surface area (Å²) in [5.41, 5.74) is 3.04. The number of oxazole rings is 1. The summed E-state index contributed by atoms with van der Waals surface area (Å²) in [7, 11) is 0. The van der Waals surface area contributed by atoms with Gasteiger partial charge in [0, 0.05) is 25.1 Å². The van der Waals surface area contributed by atoms with Crippen LogP contribution in [0.4, 0.5) is 0 Å². The molecule has 1 saturated heterocycles. The van der Waals surface area contributed by atoms with Gasteiger partial charge in [0.2, 0.25) is 11.8 Å². The molecular weight excluding hydrogens is 290 g/mol. The van der Waals surface area contributed by atoms with Crippen molar-refractivity contribution in [2.75, 3.05) is 19.6 Å². The first-order valence-corrected chi connectivity index (χ1v) is 8.22. The number of hydrogen-bond acceptors (Lipinski definition) is 4. The fourth-order valence-corrected chi connectivity index (χ4v) is 2.78. The van der Waals surface area contributed by atoms with Gasteiger partial charge in [0.15, 0.2) is 0 Å². The first kappa shape index (κ1) is 15.7. The highest BCUT2D eigenvalue weighted by Crippen LogP contribution is 2.19. The maximum absolute atomic E-state index is 12.1. The van der Waals surface area contributed by atoms with E-state index in [1.165, 1.54) is 5.56 Å². The monoisotopic (exact) mass is 313 g/mol. The van der Waals surface area contributed by atoms with Gasteiger partial charge >= 0.3 is 0 Å². The molecule has 0 spiro atoms. The van der Waals surface area contributed by atoms with Crippen LogP contribution < -0.4 is 10.6 Å². The molecule has 1 aliphatic heterocycles. The Hall–Kier alpha value is -2.14. The third kappa shape index (κ3) is 4.20. The van der Waals surface area contributed by atoms with Crippen molar-refractivity contribution in [1.29, 1.82) is 0 Å². The summed E-state index contributed by atoms with van der Waals surface area (Å²) in [6.07, 6.45) is 4.40. The van der Waals surface area contributed by atoms with Crippen LogP contribution in [0.15, 0.2) is 34.9 Å². The minimum absolute atomic E-state index is 0.101. The van der Waals surface area contributed by atoms with Gasteiger partial charge in [-0.3, -0.25) is 4.79 Å². The van der Waals surface area contributed by atoms with Crippen LogP contribution in [0.2, 0.25) is 0 Å². The summed E-state index contributed by atoms with van der Waals surface area (Å²) in [6.45, 7) is 4.45. The normalized spacial score (nSPS) is 17.9. The van der Waals surface area contributed by atoms with Gasteiger partial charge in [0.25, 0.3) is 0 Å². The van der Waals surface area contributed by atoms with Crippen LogP contribution in [0.5, 0.6) is 0 Å². The standard InChI is InChI=1S/C18H23N3O2/c1-13-4-6-14(7-5-13)18-21-16(12-23-18)8-10-20-17(22)15-3-2-9-19-11-15/h4-7,12,15,19H,2-3,8-11H2,1H3,(H,20,22). The van der Waals surface area contributed by atoms with Crippen molar-refractivity contribution >= 4 is 5.91 Å². The van der Waals surface area contributed by atoms with Crippen molar-refractivity contribution in [2.24, 2.45) is 5.92 Å². The van der Waals surface area contributed by atoms with Gasteiger partial charge in [-0.2, -0.15) is 0 Å². The van der Waals surface area contributed by atoms with Gasteiger partial charge in [-0.15, -0.1) is 0 Å². The SMILES string of the molecule is Cc1ccc(-c2nc(CCNC(=O)C3CCCNC3)co2)cc1. The average Bonchev–Trinajstić information content (AvgIpc) is 3.05. The molecule has 1 atom stereocenters. The maximum atomic E-state index is 12.1. The molecule has 5 nitrogen and oxygen atoms in total. The first-order valence-electron chi connectivity index (χ1n) is 8.22. The Balaban J connectivity index is 1.49. The molecule has 1 fully saturated rings. The number of piperidine rings is 1. The van der Waals surface area contributed by atoms with E-state index in [2.05, 4.69) is 22.5 Å². The van der Waals surface area contributed by atoms with Crippen LogP contribution in [0.3, 0.4) is 0 Å². The molecule has 2 aromatic rings. The lowest BCUT2D eigenvalue weighted by Crippen LogP contribution is -2.41. The summed E-state index contributed by atoms with van der Waals surface area (Å²) in [6, 6.07) is 8.08. The minimum Gasteiger partial charge on any atom is -0.444 e. The molecule has 2 N–H and O–H groups in total. The largest absolute Gasteiger partial charge is 0.444 e. The molecule has 3 rings (SSSR count). The lowest BCUT2D eigenvalue weighted by molar-refractivity contribution is -0.125. The van der Waals surface area contributed by atoms with E-state index in [1.54, 1.807) is 6.26 Å². The lowest BCUT2D eigenvalue weighted by atomic mass is 9.99. The van der Waals surface area contributed by atoms with Gasteiger partial charge in [0.05, 0.1) is 11.6 Å². The van der Waals surface area contributed by atoms with E-state index in [1.807, 2.05) is 24.3 Å². The Bertz CT molecular complexity index is 643. The van der Waals surface area contributed by atoms with Crippen LogP contribution in [0.25, 0.3) is 11.5 Å². The number of carbonyl (C=O) groups is 1. The summed E-state index contributed by atoms with van der Waals surface area (Å²) < 4.78 is 5.53. The second-order valence-electron chi connectivity index (χ2n) is 6.09. The number of amides is 1. The summed E-state index contributed by atoms with van der Waals surface area (Å²) >= 11 is 0. The Morgan fingerprint density at radius 3 is 2.96 bits per heavy atom. The number of aromatic nitrogens is 1. The van der Waals surface area contributed by atoms with Gasteiger partial charge in [0.1, 0.15) is 6.26 Å². The van der Waals surface area contributed by atoms with Gasteiger partial charge in [-0.25, -0.2) is 4.98 Å². The first-order chi connectivity index (χ1) is 11.2. The zero-order valence-electron chi connectivity index (χ0n) is 13.5. The zero-order chi connectivity index (χ0) is 16.1. The van der Waals surface area contributed by atoms with Crippen molar-refractivity contribution in [3.63, 3.8) is 0 Å². The highest BCUT2D eigenvalue weighted by atomic mass is 16.3. The molecule has 23 heavy (non-hydrogen) atoms. The second-order valence-corrected chi connectivity index (χ2v) is 6.09. The number of rotatable bonds is 5. The van der Waals surface area contributed by atoms with E-state index >= 15 is 0 Å². The van der Waals surface area contributed by atoms with Crippen LogP contribution >= 0.6 is 0 Å². The van der Waals surface area contributed by atoms with Crippen LogP contribution in [-0.2, 0) is 11.2 Å². The van der Waals surface area contributed by atoms with E-state index in [0.29, 0.717) is 18.9 Å². The predicted octanol–water partition coefficient (Wildman–Crippen LogP) is 2.31. The molecule has 0 radical (unpaired) electrons. The summed E-state index contributed by atoms with van der Waals surface area (Å²) in [5.74, 6) is 0.867.